The summed E-state index contributed by atoms with van der Waals surface area (Å²) in [6.45, 7) is 9.18. The molecule has 0 radical (unpaired) electrons. The molecule has 2 rings (SSSR count). The zero-order chi connectivity index (χ0) is 16.3. The van der Waals surface area contributed by atoms with Crippen LogP contribution in [0, 0.1) is 6.92 Å². The van der Waals surface area contributed by atoms with Gasteiger partial charge in [-0.3, -0.25) is 4.79 Å². The minimum Gasteiger partial charge on any atom is -0.358 e. The summed E-state index contributed by atoms with van der Waals surface area (Å²) in [4.78, 5) is 13.8. The molecule has 22 heavy (non-hydrogen) atoms. The number of anilines is 2. The molecule has 2 N–H and O–H groups in total. The first kappa shape index (κ1) is 16.7. The highest BCUT2D eigenvalue weighted by molar-refractivity contribution is 7.80. The Hall–Kier alpha value is -1.62. The van der Waals surface area contributed by atoms with Gasteiger partial charge in [0.15, 0.2) is 5.11 Å². The third-order valence-corrected chi connectivity index (χ3v) is 4.37. The summed E-state index contributed by atoms with van der Waals surface area (Å²) in [6.07, 6.45) is 2.55. The van der Waals surface area contributed by atoms with E-state index >= 15 is 0 Å². The number of hydrogen-bond donors (Lipinski definition) is 2. The summed E-state index contributed by atoms with van der Waals surface area (Å²) in [7, 11) is 0. The lowest BCUT2D eigenvalue weighted by Gasteiger charge is -2.27. The summed E-state index contributed by atoms with van der Waals surface area (Å²) in [5.74, 6) is 0.202. The topological polar surface area (TPSA) is 44.4 Å². The van der Waals surface area contributed by atoms with Crippen LogP contribution in [0.25, 0.3) is 0 Å². The number of carbonyl (C=O) groups is 1. The van der Waals surface area contributed by atoms with E-state index < -0.39 is 0 Å². The van der Waals surface area contributed by atoms with Crippen LogP contribution in [0.4, 0.5) is 11.4 Å². The van der Waals surface area contributed by atoms with Gasteiger partial charge in [-0.15, -0.1) is 0 Å². The minimum atomic E-state index is -0.0392. The van der Waals surface area contributed by atoms with Crippen molar-refractivity contribution in [2.45, 2.75) is 52.5 Å². The van der Waals surface area contributed by atoms with Crippen LogP contribution in [-0.2, 0) is 4.79 Å². The average molecular weight is 319 g/mol. The van der Waals surface area contributed by atoms with Gasteiger partial charge >= 0.3 is 0 Å². The zero-order valence-electron chi connectivity index (χ0n) is 13.8. The van der Waals surface area contributed by atoms with E-state index in [0.29, 0.717) is 11.5 Å². The van der Waals surface area contributed by atoms with E-state index in [2.05, 4.69) is 31.4 Å². The van der Waals surface area contributed by atoms with E-state index in [9.17, 15) is 4.79 Å². The van der Waals surface area contributed by atoms with Crippen LogP contribution in [0.5, 0.6) is 0 Å². The highest BCUT2D eigenvalue weighted by Crippen LogP contribution is 2.28. The molecule has 0 bridgehead atoms. The van der Waals surface area contributed by atoms with Crippen LogP contribution >= 0.6 is 12.2 Å². The quantitative estimate of drug-likeness (QED) is 0.832. The van der Waals surface area contributed by atoms with Crippen molar-refractivity contribution in [2.24, 2.45) is 0 Å². The molecule has 0 saturated carbocycles. The first-order valence-electron chi connectivity index (χ1n) is 7.82. The second-order valence-electron chi connectivity index (χ2n) is 6.47. The van der Waals surface area contributed by atoms with Crippen LogP contribution in [-0.4, -0.2) is 23.1 Å². The fraction of sp³-hybridized carbons (Fsp3) is 0.529. The third-order valence-electron chi connectivity index (χ3n) is 4.17. The number of thiocarbonyl (C=S) groups is 1. The number of amides is 1. The molecule has 1 amide bonds. The van der Waals surface area contributed by atoms with E-state index in [1.54, 1.807) is 0 Å². The summed E-state index contributed by atoms with van der Waals surface area (Å²) in [6, 6.07) is 6.02. The molecule has 4 nitrogen and oxygen atoms in total. The van der Waals surface area contributed by atoms with Gasteiger partial charge in [0.2, 0.25) is 5.91 Å². The Morgan fingerprint density at radius 3 is 2.73 bits per heavy atom. The molecular weight excluding hydrogens is 294 g/mol. The molecule has 1 aliphatic rings. The summed E-state index contributed by atoms with van der Waals surface area (Å²) in [5, 5.41) is 7.13. The smallest absolute Gasteiger partial charge is 0.227 e. The van der Waals surface area contributed by atoms with E-state index in [4.69, 9.17) is 12.2 Å². The highest BCUT2D eigenvalue weighted by atomic mass is 32.1. The molecule has 120 valence electrons. The Morgan fingerprint density at radius 1 is 1.41 bits per heavy atom. The molecule has 1 fully saturated rings. The van der Waals surface area contributed by atoms with Gasteiger partial charge in [0.25, 0.3) is 0 Å². The number of rotatable bonds is 4. The second-order valence-corrected chi connectivity index (χ2v) is 6.88. The normalized spacial score (nSPS) is 15.1. The van der Waals surface area contributed by atoms with Crippen LogP contribution in [0.2, 0.25) is 0 Å². The number of nitrogens with one attached hydrogen (secondary N) is 2. The Kier molecular flexibility index (Phi) is 5.06. The minimum absolute atomic E-state index is 0.0392. The van der Waals surface area contributed by atoms with Gasteiger partial charge in [0.1, 0.15) is 0 Å². The predicted octanol–water partition coefficient (Wildman–Crippen LogP) is 3.60. The van der Waals surface area contributed by atoms with Crippen molar-refractivity contribution >= 4 is 34.6 Å². The van der Waals surface area contributed by atoms with Gasteiger partial charge in [-0.05, 0) is 63.5 Å². The number of aryl methyl sites for hydroxylation is 1. The largest absolute Gasteiger partial charge is 0.358 e. The van der Waals surface area contributed by atoms with Crippen LogP contribution in [0.1, 0.15) is 45.6 Å². The van der Waals surface area contributed by atoms with E-state index in [0.717, 1.165) is 36.3 Å². The van der Waals surface area contributed by atoms with Crippen molar-refractivity contribution in [2.75, 3.05) is 16.8 Å². The average Bonchev–Trinajstić information content (AvgIpc) is 2.86. The third kappa shape index (κ3) is 3.97. The SMILES string of the molecule is CCC(C)(C)NC(=S)Nc1ccc(C)c(N2CCCC2=O)c1. The van der Waals surface area contributed by atoms with Crippen LogP contribution in [0.15, 0.2) is 18.2 Å². The Balaban J connectivity index is 2.13. The van der Waals surface area contributed by atoms with Crippen molar-refractivity contribution < 1.29 is 4.79 Å². The Labute approximate surface area is 138 Å². The van der Waals surface area contributed by atoms with E-state index in [1.807, 2.05) is 30.0 Å². The fourth-order valence-electron chi connectivity index (χ4n) is 2.44. The van der Waals surface area contributed by atoms with E-state index in [1.165, 1.54) is 0 Å². The fourth-order valence-corrected chi connectivity index (χ4v) is 2.83. The van der Waals surface area contributed by atoms with Gasteiger partial charge in [0, 0.05) is 29.9 Å². The first-order chi connectivity index (χ1) is 10.3. The molecule has 5 heteroatoms. The molecule has 1 heterocycles. The lowest BCUT2D eigenvalue weighted by molar-refractivity contribution is -0.117. The number of benzene rings is 1. The molecular formula is C17H25N3OS. The van der Waals surface area contributed by atoms with Crippen LogP contribution in [0.3, 0.4) is 0 Å². The number of nitrogens with zero attached hydrogens (tertiary/aromatic N) is 1. The molecule has 0 atom stereocenters. The number of hydrogen-bond acceptors (Lipinski definition) is 2. The maximum absolute atomic E-state index is 12.0. The van der Waals surface area contributed by atoms with Crippen molar-refractivity contribution in [3.63, 3.8) is 0 Å². The summed E-state index contributed by atoms with van der Waals surface area (Å²) >= 11 is 5.38. The summed E-state index contributed by atoms with van der Waals surface area (Å²) in [5.41, 5.74) is 2.95. The van der Waals surface area contributed by atoms with Gasteiger partial charge in [0.05, 0.1) is 0 Å². The first-order valence-corrected chi connectivity index (χ1v) is 8.23. The Bertz CT molecular complexity index is 583. The molecule has 1 saturated heterocycles. The molecule has 1 aliphatic heterocycles. The molecule has 0 aromatic heterocycles. The van der Waals surface area contributed by atoms with E-state index in [-0.39, 0.29) is 11.4 Å². The molecule has 0 spiro atoms. The van der Waals surface area contributed by atoms with Crippen molar-refractivity contribution in [3.8, 4) is 0 Å². The molecule has 0 unspecified atom stereocenters. The summed E-state index contributed by atoms with van der Waals surface area (Å²) < 4.78 is 0. The molecule has 1 aromatic carbocycles. The molecule has 1 aromatic rings. The number of carbonyl (C=O) groups excluding carboxylic acids is 1. The predicted molar refractivity (Wildman–Crippen MR) is 96.5 cm³/mol. The zero-order valence-corrected chi connectivity index (χ0v) is 14.6. The highest BCUT2D eigenvalue weighted by Gasteiger charge is 2.23. The lowest BCUT2D eigenvalue weighted by atomic mass is 10.0. The second kappa shape index (κ2) is 6.65. The van der Waals surface area contributed by atoms with Gasteiger partial charge in [-0.1, -0.05) is 13.0 Å². The molecule has 0 aliphatic carbocycles. The maximum Gasteiger partial charge on any atom is 0.227 e. The van der Waals surface area contributed by atoms with Gasteiger partial charge < -0.3 is 15.5 Å². The lowest BCUT2D eigenvalue weighted by Crippen LogP contribution is -2.44. The van der Waals surface area contributed by atoms with Crippen molar-refractivity contribution in [3.05, 3.63) is 23.8 Å². The monoisotopic (exact) mass is 319 g/mol. The standard InChI is InChI=1S/C17H25N3OS/c1-5-17(3,4)19-16(22)18-13-9-8-12(2)14(11-13)20-10-6-7-15(20)21/h8-9,11H,5-7,10H2,1-4H3,(H2,18,19,22). The Morgan fingerprint density at radius 2 is 2.14 bits per heavy atom. The van der Waals surface area contributed by atoms with Gasteiger partial charge in [-0.2, -0.15) is 0 Å². The van der Waals surface area contributed by atoms with Crippen LogP contribution < -0.4 is 15.5 Å². The maximum atomic E-state index is 12.0. The van der Waals surface area contributed by atoms with Gasteiger partial charge in [-0.25, -0.2) is 0 Å². The van der Waals surface area contributed by atoms with Crippen molar-refractivity contribution in [1.82, 2.24) is 5.32 Å². The van der Waals surface area contributed by atoms with Crippen molar-refractivity contribution in [1.29, 1.82) is 0 Å².